The summed E-state index contributed by atoms with van der Waals surface area (Å²) in [6.45, 7) is 3.49. The van der Waals surface area contributed by atoms with Gasteiger partial charge in [-0.1, -0.05) is 12.5 Å². The normalized spacial score (nSPS) is 20.2. The van der Waals surface area contributed by atoms with Crippen LogP contribution in [0.15, 0.2) is 45.9 Å². The van der Waals surface area contributed by atoms with Gasteiger partial charge in [-0.25, -0.2) is 8.42 Å². The van der Waals surface area contributed by atoms with Crippen LogP contribution in [-0.4, -0.2) is 49.1 Å². The number of piperidine rings is 1. The number of hydrogen-bond donors (Lipinski definition) is 1. The van der Waals surface area contributed by atoms with Crippen LogP contribution in [0, 0.1) is 12.8 Å². The summed E-state index contributed by atoms with van der Waals surface area (Å²) in [5.41, 5.74) is 1.22. The Morgan fingerprint density at radius 3 is 2.68 bits per heavy atom. The number of anilines is 1. The Morgan fingerprint density at radius 1 is 1.19 bits per heavy atom. The summed E-state index contributed by atoms with van der Waals surface area (Å²) in [4.78, 5) is 26.9. The predicted molar refractivity (Wildman–Crippen MR) is 115 cm³/mol. The first-order valence-corrected chi connectivity index (χ1v) is 12.0. The minimum atomic E-state index is -3.59. The Bertz CT molecular complexity index is 1060. The molecule has 166 valence electrons. The van der Waals surface area contributed by atoms with Gasteiger partial charge >= 0.3 is 0 Å². The van der Waals surface area contributed by atoms with Gasteiger partial charge in [0.2, 0.25) is 21.8 Å². The topological polar surface area (TPSA) is 99.9 Å². The number of benzene rings is 1. The Morgan fingerprint density at radius 2 is 1.97 bits per heavy atom. The lowest BCUT2D eigenvalue weighted by molar-refractivity contribution is -0.128. The van der Waals surface area contributed by atoms with E-state index in [1.54, 1.807) is 35.4 Å². The van der Waals surface area contributed by atoms with Gasteiger partial charge in [-0.15, -0.1) is 0 Å². The van der Waals surface area contributed by atoms with Crippen molar-refractivity contribution in [2.45, 2.75) is 44.0 Å². The zero-order valence-corrected chi connectivity index (χ0v) is 18.4. The van der Waals surface area contributed by atoms with Crippen molar-refractivity contribution in [1.82, 2.24) is 9.21 Å². The number of hydrogen-bond acceptors (Lipinski definition) is 5. The van der Waals surface area contributed by atoms with Crippen LogP contribution in [0.5, 0.6) is 0 Å². The van der Waals surface area contributed by atoms with E-state index < -0.39 is 15.9 Å². The highest BCUT2D eigenvalue weighted by Gasteiger charge is 2.35. The van der Waals surface area contributed by atoms with Crippen molar-refractivity contribution in [1.29, 1.82) is 0 Å². The van der Waals surface area contributed by atoms with Crippen molar-refractivity contribution in [3.05, 3.63) is 47.9 Å². The average Bonchev–Trinajstić information content (AvgIpc) is 3.40. The standard InChI is InChI=1S/C22H27N3O5S/c1-16-7-8-19(31(28,29)25-9-3-2-4-10-25)13-20(16)23-22(27)17-12-21(26)24(14-17)15-18-6-5-11-30-18/h5-8,11,13,17H,2-4,9-10,12,14-15H2,1H3,(H,23,27). The fourth-order valence-corrected chi connectivity index (χ4v) is 5.62. The van der Waals surface area contributed by atoms with Gasteiger partial charge in [-0.05, 0) is 49.6 Å². The Balaban J connectivity index is 1.46. The van der Waals surface area contributed by atoms with Crippen LogP contribution in [0.4, 0.5) is 5.69 Å². The highest BCUT2D eigenvalue weighted by molar-refractivity contribution is 7.89. The number of rotatable bonds is 6. The van der Waals surface area contributed by atoms with Crippen molar-refractivity contribution < 1.29 is 22.4 Å². The molecule has 0 saturated carbocycles. The molecule has 0 aliphatic carbocycles. The molecule has 2 aliphatic rings. The third-order valence-corrected chi connectivity index (χ3v) is 7.83. The summed E-state index contributed by atoms with van der Waals surface area (Å²) < 4.78 is 32.8. The minimum absolute atomic E-state index is 0.102. The van der Waals surface area contributed by atoms with Crippen molar-refractivity contribution >= 4 is 27.5 Å². The number of amides is 2. The molecule has 1 atom stereocenters. The van der Waals surface area contributed by atoms with Gasteiger partial charge < -0.3 is 14.6 Å². The molecule has 0 radical (unpaired) electrons. The molecule has 2 fully saturated rings. The molecule has 31 heavy (non-hydrogen) atoms. The summed E-state index contributed by atoms with van der Waals surface area (Å²) in [5, 5.41) is 2.84. The van der Waals surface area contributed by atoms with Crippen molar-refractivity contribution in [2.24, 2.45) is 5.92 Å². The van der Waals surface area contributed by atoms with Crippen molar-refractivity contribution in [3.8, 4) is 0 Å². The maximum absolute atomic E-state index is 13.0. The highest BCUT2D eigenvalue weighted by atomic mass is 32.2. The second-order valence-corrected chi connectivity index (χ2v) is 10.1. The Hall–Kier alpha value is -2.65. The van der Waals surface area contributed by atoms with E-state index in [4.69, 9.17) is 4.42 Å². The molecule has 0 bridgehead atoms. The minimum Gasteiger partial charge on any atom is -0.467 e. The van der Waals surface area contributed by atoms with Gasteiger partial charge in [-0.2, -0.15) is 4.31 Å². The zero-order chi connectivity index (χ0) is 22.0. The van der Waals surface area contributed by atoms with Crippen LogP contribution in [0.3, 0.4) is 0 Å². The number of nitrogens with one attached hydrogen (secondary N) is 1. The van der Waals surface area contributed by atoms with E-state index in [0.29, 0.717) is 37.6 Å². The maximum atomic E-state index is 13.0. The molecular formula is C22H27N3O5S. The molecule has 3 heterocycles. The molecule has 1 unspecified atom stereocenters. The van der Waals surface area contributed by atoms with Crippen LogP contribution in [0.25, 0.3) is 0 Å². The molecule has 1 aromatic heterocycles. The quantitative estimate of drug-likeness (QED) is 0.737. The van der Waals surface area contributed by atoms with Gasteiger partial charge in [0.1, 0.15) is 5.76 Å². The molecule has 2 aromatic rings. The lowest BCUT2D eigenvalue weighted by atomic mass is 10.1. The van der Waals surface area contributed by atoms with E-state index in [0.717, 1.165) is 24.8 Å². The summed E-state index contributed by atoms with van der Waals surface area (Å²) in [7, 11) is -3.59. The van der Waals surface area contributed by atoms with Gasteiger partial charge in [0.25, 0.3) is 0 Å². The zero-order valence-electron chi connectivity index (χ0n) is 17.5. The first-order valence-electron chi connectivity index (χ1n) is 10.6. The maximum Gasteiger partial charge on any atom is 0.243 e. The first kappa shape index (κ1) is 21.6. The lowest BCUT2D eigenvalue weighted by Gasteiger charge is -2.26. The second kappa shape index (κ2) is 8.84. The Kier molecular flexibility index (Phi) is 6.15. The lowest BCUT2D eigenvalue weighted by Crippen LogP contribution is -2.35. The number of likely N-dealkylation sites (tertiary alicyclic amines) is 1. The number of aryl methyl sites for hydroxylation is 1. The number of carbonyl (C=O) groups is 2. The molecule has 2 amide bonds. The molecule has 4 rings (SSSR count). The number of furan rings is 1. The van der Waals surface area contributed by atoms with Crippen molar-refractivity contribution in [3.63, 3.8) is 0 Å². The van der Waals surface area contributed by atoms with Crippen molar-refractivity contribution in [2.75, 3.05) is 25.0 Å². The molecule has 2 aliphatic heterocycles. The third-order valence-electron chi connectivity index (χ3n) is 5.93. The van der Waals surface area contributed by atoms with E-state index in [1.807, 2.05) is 6.92 Å². The second-order valence-electron chi connectivity index (χ2n) is 8.19. The monoisotopic (exact) mass is 445 g/mol. The fraction of sp³-hybridized carbons (Fsp3) is 0.455. The highest BCUT2D eigenvalue weighted by Crippen LogP contribution is 2.27. The third kappa shape index (κ3) is 4.67. The molecule has 9 heteroatoms. The average molecular weight is 446 g/mol. The van der Waals surface area contributed by atoms with Gasteiger partial charge in [0.15, 0.2) is 0 Å². The number of nitrogens with zero attached hydrogens (tertiary/aromatic N) is 2. The molecule has 1 aromatic carbocycles. The first-order chi connectivity index (χ1) is 14.8. The van der Waals surface area contributed by atoms with E-state index >= 15 is 0 Å². The summed E-state index contributed by atoms with van der Waals surface area (Å²) in [6.07, 6.45) is 4.43. The van der Waals surface area contributed by atoms with E-state index in [9.17, 15) is 18.0 Å². The number of sulfonamides is 1. The SMILES string of the molecule is Cc1ccc(S(=O)(=O)N2CCCCC2)cc1NC(=O)C1CC(=O)N(Cc2ccco2)C1. The van der Waals surface area contributed by atoms with Crippen LogP contribution in [0.1, 0.15) is 37.0 Å². The summed E-state index contributed by atoms with van der Waals surface area (Å²) in [5.74, 6) is -0.217. The van der Waals surface area contributed by atoms with Gasteiger partial charge in [0.05, 0.1) is 23.6 Å². The summed E-state index contributed by atoms with van der Waals surface area (Å²) in [6, 6.07) is 8.36. The van der Waals surface area contributed by atoms with E-state index in [1.165, 1.54) is 10.4 Å². The van der Waals surface area contributed by atoms with Crippen LogP contribution >= 0.6 is 0 Å². The van der Waals surface area contributed by atoms with Crippen LogP contribution < -0.4 is 5.32 Å². The smallest absolute Gasteiger partial charge is 0.243 e. The molecule has 2 saturated heterocycles. The van der Waals surface area contributed by atoms with Gasteiger partial charge in [0, 0.05) is 31.7 Å². The number of carbonyl (C=O) groups excluding carboxylic acids is 2. The Labute approximate surface area is 182 Å². The molecule has 1 N–H and O–H groups in total. The van der Waals surface area contributed by atoms with E-state index in [2.05, 4.69) is 5.32 Å². The van der Waals surface area contributed by atoms with Crippen LogP contribution in [-0.2, 0) is 26.2 Å². The summed E-state index contributed by atoms with van der Waals surface area (Å²) >= 11 is 0. The predicted octanol–water partition coefficient (Wildman–Crippen LogP) is 2.75. The molecular weight excluding hydrogens is 418 g/mol. The van der Waals surface area contributed by atoms with Crippen LogP contribution in [0.2, 0.25) is 0 Å². The van der Waals surface area contributed by atoms with Gasteiger partial charge in [-0.3, -0.25) is 9.59 Å². The molecule has 8 nitrogen and oxygen atoms in total. The van der Waals surface area contributed by atoms with E-state index in [-0.39, 0.29) is 23.1 Å². The molecule has 0 spiro atoms. The largest absolute Gasteiger partial charge is 0.467 e. The fourth-order valence-electron chi connectivity index (χ4n) is 4.08.